The molecule has 2 N–H and O–H groups in total. The number of nitrogens with two attached hydrogens (primary N) is 1. The highest BCUT2D eigenvalue weighted by Gasteiger charge is 2.04. The molecular weight excluding hydrogens is 154 g/mol. The van der Waals surface area contributed by atoms with Crippen LogP contribution in [0, 0.1) is 0 Å². The summed E-state index contributed by atoms with van der Waals surface area (Å²) in [6.07, 6.45) is 0. The Bertz CT molecular complexity index is 231. The zero-order chi connectivity index (χ0) is 6.85. The molecule has 1 aromatic heterocycles. The predicted molar refractivity (Wildman–Crippen MR) is 40.1 cm³/mol. The van der Waals surface area contributed by atoms with Crippen molar-refractivity contribution in [1.82, 2.24) is 0 Å². The van der Waals surface area contributed by atoms with Crippen molar-refractivity contribution in [3.63, 3.8) is 0 Å². The van der Waals surface area contributed by atoms with Crippen LogP contribution in [0.1, 0.15) is 9.67 Å². The van der Waals surface area contributed by atoms with Gasteiger partial charge in [0.1, 0.15) is 4.88 Å². The number of amides is 1. The summed E-state index contributed by atoms with van der Waals surface area (Å²) in [4.78, 5) is 11.7. The van der Waals surface area contributed by atoms with Crippen LogP contribution < -0.4 is 5.73 Å². The Balaban J connectivity index is 3.08. The fourth-order valence-corrected chi connectivity index (χ4v) is 1.58. The maximum absolute atomic E-state index is 10.5. The Hall–Kier alpha value is -0.480. The first-order chi connectivity index (χ1) is 4.22. The van der Waals surface area contributed by atoms with Gasteiger partial charge in [0.25, 0.3) is 5.91 Å². The second kappa shape index (κ2) is 2.41. The van der Waals surface area contributed by atoms with Gasteiger partial charge >= 0.3 is 0 Å². The van der Waals surface area contributed by atoms with Crippen LogP contribution in [0.15, 0.2) is 16.3 Å². The lowest BCUT2D eigenvalue weighted by Crippen LogP contribution is -2.08. The van der Waals surface area contributed by atoms with Crippen molar-refractivity contribution in [3.05, 3.63) is 16.3 Å². The molecule has 0 aliphatic carbocycles. The van der Waals surface area contributed by atoms with E-state index in [1.54, 1.807) is 11.4 Å². The molecule has 0 atom stereocenters. The third-order valence-electron chi connectivity index (χ3n) is 0.868. The molecule has 0 fully saturated rings. The summed E-state index contributed by atoms with van der Waals surface area (Å²) >= 11 is 5.30. The number of primary amides is 1. The van der Waals surface area contributed by atoms with Crippen LogP contribution in [0.25, 0.3) is 0 Å². The molecular formula is C5H5NOS2. The normalized spacial score (nSPS) is 9.44. The summed E-state index contributed by atoms with van der Waals surface area (Å²) in [5.41, 5.74) is 4.98. The van der Waals surface area contributed by atoms with Crippen molar-refractivity contribution in [2.75, 3.05) is 0 Å². The zero-order valence-electron chi connectivity index (χ0n) is 4.50. The van der Waals surface area contributed by atoms with Gasteiger partial charge in [0.15, 0.2) is 0 Å². The van der Waals surface area contributed by atoms with Crippen LogP contribution >= 0.6 is 24.0 Å². The fraction of sp³-hybridized carbons (Fsp3) is 0. The van der Waals surface area contributed by atoms with Gasteiger partial charge in [-0.05, 0) is 11.4 Å². The molecule has 0 bridgehead atoms. The molecule has 9 heavy (non-hydrogen) atoms. The van der Waals surface area contributed by atoms with Gasteiger partial charge in [0.05, 0.1) is 0 Å². The molecule has 1 aromatic rings. The number of hydrogen-bond acceptors (Lipinski definition) is 3. The molecule has 48 valence electrons. The highest BCUT2D eigenvalue weighted by atomic mass is 32.1. The van der Waals surface area contributed by atoms with Crippen LogP contribution in [0.3, 0.4) is 0 Å². The van der Waals surface area contributed by atoms with Crippen LogP contribution in [-0.4, -0.2) is 5.91 Å². The molecule has 2 nitrogen and oxygen atoms in total. The van der Waals surface area contributed by atoms with Crippen LogP contribution in [-0.2, 0) is 0 Å². The highest BCUT2D eigenvalue weighted by Crippen LogP contribution is 2.18. The Kier molecular flexibility index (Phi) is 1.78. The molecule has 1 amide bonds. The largest absolute Gasteiger partial charge is 0.365 e. The summed E-state index contributed by atoms with van der Waals surface area (Å²) in [5, 5.41) is 1.78. The molecule has 0 unspecified atom stereocenters. The Morgan fingerprint density at radius 2 is 2.44 bits per heavy atom. The van der Waals surface area contributed by atoms with E-state index in [1.165, 1.54) is 11.3 Å². The summed E-state index contributed by atoms with van der Waals surface area (Å²) in [5.74, 6) is -0.407. The third kappa shape index (κ3) is 1.25. The van der Waals surface area contributed by atoms with Crippen molar-refractivity contribution < 1.29 is 4.79 Å². The first kappa shape index (κ1) is 6.64. The van der Waals surface area contributed by atoms with E-state index in [9.17, 15) is 4.79 Å². The van der Waals surface area contributed by atoms with Gasteiger partial charge in [-0.15, -0.1) is 24.0 Å². The van der Waals surface area contributed by atoms with Crippen molar-refractivity contribution in [2.45, 2.75) is 4.90 Å². The number of thiophene rings is 1. The molecule has 0 aliphatic heterocycles. The third-order valence-corrected chi connectivity index (χ3v) is 2.32. The summed E-state index contributed by atoms with van der Waals surface area (Å²) in [6, 6.07) is 1.74. The summed E-state index contributed by atoms with van der Waals surface area (Å²) < 4.78 is 0. The number of rotatable bonds is 1. The van der Waals surface area contributed by atoms with Crippen LogP contribution in [0.4, 0.5) is 0 Å². The molecule has 0 saturated heterocycles. The number of carbonyl (C=O) groups excluding carboxylic acids is 1. The molecule has 0 radical (unpaired) electrons. The lowest BCUT2D eigenvalue weighted by Gasteiger charge is -1.86. The SMILES string of the molecule is NC(=O)c1sccc1S. The van der Waals surface area contributed by atoms with Crippen molar-refractivity contribution in [3.8, 4) is 0 Å². The minimum atomic E-state index is -0.407. The highest BCUT2D eigenvalue weighted by molar-refractivity contribution is 7.80. The smallest absolute Gasteiger partial charge is 0.259 e. The maximum Gasteiger partial charge on any atom is 0.259 e. The lowest BCUT2D eigenvalue weighted by atomic mass is 10.4. The molecule has 0 aromatic carbocycles. The van der Waals surface area contributed by atoms with Crippen molar-refractivity contribution >= 4 is 29.9 Å². The summed E-state index contributed by atoms with van der Waals surface area (Å²) in [6.45, 7) is 0. The molecule has 1 heterocycles. The van der Waals surface area contributed by atoms with Gasteiger partial charge in [-0.1, -0.05) is 0 Å². The molecule has 1 rings (SSSR count). The van der Waals surface area contributed by atoms with Gasteiger partial charge < -0.3 is 5.73 Å². The van der Waals surface area contributed by atoms with Gasteiger partial charge in [-0.25, -0.2) is 0 Å². The van der Waals surface area contributed by atoms with E-state index in [-0.39, 0.29) is 0 Å². The minimum absolute atomic E-state index is 0.407. The topological polar surface area (TPSA) is 43.1 Å². The standard InChI is InChI=1S/C5H5NOS2/c6-5(7)4-3(8)1-2-9-4/h1-2,8H,(H2,6,7). The van der Waals surface area contributed by atoms with E-state index < -0.39 is 5.91 Å². The molecule has 0 spiro atoms. The average molecular weight is 159 g/mol. The minimum Gasteiger partial charge on any atom is -0.365 e. The fourth-order valence-electron chi connectivity index (χ4n) is 0.487. The van der Waals surface area contributed by atoms with E-state index >= 15 is 0 Å². The molecule has 4 heteroatoms. The van der Waals surface area contributed by atoms with Crippen molar-refractivity contribution in [1.29, 1.82) is 0 Å². The van der Waals surface area contributed by atoms with Crippen LogP contribution in [0.2, 0.25) is 0 Å². The van der Waals surface area contributed by atoms with E-state index in [2.05, 4.69) is 12.6 Å². The number of thiol groups is 1. The van der Waals surface area contributed by atoms with E-state index in [0.29, 0.717) is 9.77 Å². The van der Waals surface area contributed by atoms with E-state index in [4.69, 9.17) is 5.73 Å². The second-order valence-corrected chi connectivity index (χ2v) is 2.90. The zero-order valence-corrected chi connectivity index (χ0v) is 6.21. The summed E-state index contributed by atoms with van der Waals surface area (Å²) in [7, 11) is 0. The predicted octanol–water partition coefficient (Wildman–Crippen LogP) is 1.14. The molecule has 0 aliphatic rings. The quantitative estimate of drug-likeness (QED) is 0.593. The Morgan fingerprint density at radius 1 is 1.78 bits per heavy atom. The van der Waals surface area contributed by atoms with Gasteiger partial charge in [-0.3, -0.25) is 4.79 Å². The van der Waals surface area contributed by atoms with E-state index in [0.717, 1.165) is 0 Å². The number of carbonyl (C=O) groups is 1. The first-order valence-corrected chi connectivity index (χ1v) is 3.61. The van der Waals surface area contributed by atoms with E-state index in [1.807, 2.05) is 0 Å². The van der Waals surface area contributed by atoms with Gasteiger partial charge in [-0.2, -0.15) is 0 Å². The number of hydrogen-bond donors (Lipinski definition) is 2. The maximum atomic E-state index is 10.5. The monoisotopic (exact) mass is 159 g/mol. The molecule has 0 saturated carbocycles. The van der Waals surface area contributed by atoms with Crippen LogP contribution in [0.5, 0.6) is 0 Å². The first-order valence-electron chi connectivity index (χ1n) is 2.28. The van der Waals surface area contributed by atoms with Crippen molar-refractivity contribution in [2.24, 2.45) is 5.73 Å². The Morgan fingerprint density at radius 3 is 2.67 bits per heavy atom. The van der Waals surface area contributed by atoms with Gasteiger partial charge in [0, 0.05) is 4.90 Å². The Labute approximate surface area is 62.1 Å². The second-order valence-electron chi connectivity index (χ2n) is 1.50. The van der Waals surface area contributed by atoms with Gasteiger partial charge in [0.2, 0.25) is 0 Å². The lowest BCUT2D eigenvalue weighted by molar-refractivity contribution is 0.100. The average Bonchev–Trinajstić information content (AvgIpc) is 2.13.